The van der Waals surface area contributed by atoms with Crippen LogP contribution in [-0.4, -0.2) is 31.6 Å². The lowest BCUT2D eigenvalue weighted by molar-refractivity contribution is 0.369. The Morgan fingerprint density at radius 3 is 2.86 bits per heavy atom. The molecule has 6 nitrogen and oxygen atoms in total. The van der Waals surface area contributed by atoms with Crippen molar-refractivity contribution < 1.29 is 5.11 Å². The number of aromatic nitrogens is 3. The van der Waals surface area contributed by atoms with E-state index in [1.165, 1.54) is 5.56 Å². The van der Waals surface area contributed by atoms with Gasteiger partial charge in [0, 0.05) is 16.7 Å². The van der Waals surface area contributed by atoms with E-state index in [2.05, 4.69) is 29.0 Å². The normalized spacial score (nSPS) is 23.8. The summed E-state index contributed by atoms with van der Waals surface area (Å²) in [7, 11) is 0. The number of nitrogens with zero attached hydrogens (tertiary/aromatic N) is 2. The van der Waals surface area contributed by atoms with Crippen LogP contribution in [0.4, 0.5) is 5.95 Å². The highest BCUT2D eigenvalue weighted by molar-refractivity contribution is 7.99. The van der Waals surface area contributed by atoms with Gasteiger partial charge in [0.1, 0.15) is 5.75 Å². The van der Waals surface area contributed by atoms with Gasteiger partial charge in [-0.3, -0.25) is 5.10 Å². The Bertz CT molecular complexity index is 669. The zero-order valence-electron chi connectivity index (χ0n) is 12.0. The molecule has 21 heavy (non-hydrogen) atoms. The first-order valence-electron chi connectivity index (χ1n) is 6.80. The second-order valence-electron chi connectivity index (χ2n) is 5.95. The van der Waals surface area contributed by atoms with Crippen molar-refractivity contribution in [3.63, 3.8) is 0 Å². The van der Waals surface area contributed by atoms with Crippen molar-refractivity contribution in [2.24, 2.45) is 5.73 Å². The number of aromatic hydroxyl groups is 1. The molecule has 7 heteroatoms. The summed E-state index contributed by atoms with van der Waals surface area (Å²) in [6, 6.07) is 5.45. The maximum absolute atomic E-state index is 9.73. The molecule has 2 aromatic rings. The number of benzene rings is 1. The molecule has 0 spiro atoms. The van der Waals surface area contributed by atoms with Crippen LogP contribution in [0.5, 0.6) is 5.75 Å². The number of hydrogen-bond acceptors (Lipinski definition) is 6. The lowest BCUT2D eigenvalue weighted by Crippen LogP contribution is -2.52. The van der Waals surface area contributed by atoms with Crippen LogP contribution in [-0.2, 0) is 11.8 Å². The van der Waals surface area contributed by atoms with Gasteiger partial charge >= 0.3 is 0 Å². The smallest absolute Gasteiger partial charge is 0.240 e. The van der Waals surface area contributed by atoms with E-state index in [4.69, 9.17) is 11.5 Å². The van der Waals surface area contributed by atoms with Crippen LogP contribution in [0.15, 0.2) is 23.4 Å². The summed E-state index contributed by atoms with van der Waals surface area (Å²) in [6.45, 7) is 4.22. The third-order valence-electron chi connectivity index (χ3n) is 4.19. The second-order valence-corrected chi connectivity index (χ2v) is 7.18. The third kappa shape index (κ3) is 2.47. The number of phenolic OH excluding ortho intramolecular Hbond substituents is 1. The molecule has 2 atom stereocenters. The average molecular weight is 305 g/mol. The second kappa shape index (κ2) is 4.92. The quantitative estimate of drug-likeness (QED) is 0.667. The van der Waals surface area contributed by atoms with Crippen molar-refractivity contribution in [3.05, 3.63) is 29.3 Å². The summed E-state index contributed by atoms with van der Waals surface area (Å²) >= 11 is 1.57. The minimum absolute atomic E-state index is 0.0666. The van der Waals surface area contributed by atoms with E-state index in [1.807, 2.05) is 12.1 Å². The van der Waals surface area contributed by atoms with E-state index in [-0.39, 0.29) is 28.4 Å². The Labute approximate surface area is 127 Å². The molecule has 0 saturated carbocycles. The minimum Gasteiger partial charge on any atom is -0.508 e. The maximum Gasteiger partial charge on any atom is 0.240 e. The van der Waals surface area contributed by atoms with Crippen LogP contribution in [0.1, 0.15) is 25.0 Å². The number of thioether (sulfide) groups is 1. The van der Waals surface area contributed by atoms with Crippen LogP contribution in [0.25, 0.3) is 0 Å². The van der Waals surface area contributed by atoms with E-state index >= 15 is 0 Å². The van der Waals surface area contributed by atoms with E-state index in [9.17, 15) is 5.11 Å². The molecule has 1 aliphatic carbocycles. The Hall–Kier alpha value is -1.73. The molecule has 1 aromatic heterocycles. The van der Waals surface area contributed by atoms with Crippen molar-refractivity contribution in [2.45, 2.75) is 42.1 Å². The first-order valence-corrected chi connectivity index (χ1v) is 7.68. The van der Waals surface area contributed by atoms with Crippen LogP contribution in [0, 0.1) is 0 Å². The highest BCUT2D eigenvalue weighted by Gasteiger charge is 2.41. The van der Waals surface area contributed by atoms with Gasteiger partial charge in [0.25, 0.3) is 0 Å². The van der Waals surface area contributed by atoms with Crippen molar-refractivity contribution in [3.8, 4) is 5.75 Å². The molecule has 1 heterocycles. The fraction of sp³-hybridized carbons (Fsp3) is 0.429. The highest BCUT2D eigenvalue weighted by Crippen LogP contribution is 2.42. The fourth-order valence-corrected chi connectivity index (χ4v) is 4.18. The van der Waals surface area contributed by atoms with Gasteiger partial charge in [0.2, 0.25) is 5.95 Å². The molecular formula is C14H19N5OS. The molecular weight excluding hydrogens is 286 g/mol. The molecule has 0 aliphatic heterocycles. The maximum atomic E-state index is 9.73. The van der Waals surface area contributed by atoms with Crippen molar-refractivity contribution in [2.75, 3.05) is 5.73 Å². The Balaban J connectivity index is 1.93. The molecule has 0 radical (unpaired) electrons. The topological polar surface area (TPSA) is 114 Å². The van der Waals surface area contributed by atoms with E-state index in [0.717, 1.165) is 12.0 Å². The Kier molecular flexibility index (Phi) is 3.33. The van der Waals surface area contributed by atoms with Gasteiger partial charge in [0.05, 0.1) is 0 Å². The molecule has 3 rings (SSSR count). The van der Waals surface area contributed by atoms with E-state index < -0.39 is 0 Å². The lowest BCUT2D eigenvalue weighted by Gasteiger charge is -2.42. The molecule has 112 valence electrons. The summed E-state index contributed by atoms with van der Waals surface area (Å²) in [5.74, 6) is 0.523. The number of nitrogens with one attached hydrogen (secondary N) is 1. The molecule has 0 amide bonds. The third-order valence-corrected chi connectivity index (χ3v) is 5.36. The number of nitrogens with two attached hydrogens (primary N) is 2. The van der Waals surface area contributed by atoms with Crippen molar-refractivity contribution in [1.29, 1.82) is 0 Å². The molecule has 0 bridgehead atoms. The predicted molar refractivity (Wildman–Crippen MR) is 83.3 cm³/mol. The molecule has 0 saturated heterocycles. The summed E-state index contributed by atoms with van der Waals surface area (Å²) < 4.78 is 0. The summed E-state index contributed by atoms with van der Waals surface area (Å²) in [4.78, 5) is 4.14. The van der Waals surface area contributed by atoms with Gasteiger partial charge in [-0.25, -0.2) is 0 Å². The van der Waals surface area contributed by atoms with Crippen LogP contribution in [0.3, 0.4) is 0 Å². The van der Waals surface area contributed by atoms with Crippen LogP contribution >= 0.6 is 11.8 Å². The highest BCUT2D eigenvalue weighted by atomic mass is 32.2. The lowest BCUT2D eigenvalue weighted by atomic mass is 9.69. The Morgan fingerprint density at radius 1 is 1.43 bits per heavy atom. The van der Waals surface area contributed by atoms with Gasteiger partial charge in [0.15, 0.2) is 5.16 Å². The fourth-order valence-electron chi connectivity index (χ4n) is 2.90. The minimum atomic E-state index is -0.227. The molecule has 1 aromatic carbocycles. The first kappa shape index (κ1) is 14.2. The van der Waals surface area contributed by atoms with E-state index in [0.29, 0.717) is 5.16 Å². The number of H-pyrrole nitrogens is 1. The number of rotatable bonds is 2. The number of aromatic amines is 1. The predicted octanol–water partition coefficient (Wildman–Crippen LogP) is 1.41. The molecule has 6 N–H and O–H groups in total. The molecule has 2 unspecified atom stereocenters. The van der Waals surface area contributed by atoms with Crippen molar-refractivity contribution >= 4 is 17.7 Å². The summed E-state index contributed by atoms with van der Waals surface area (Å²) in [6.07, 6.45) is 0.825. The van der Waals surface area contributed by atoms with Gasteiger partial charge < -0.3 is 16.6 Å². The van der Waals surface area contributed by atoms with Gasteiger partial charge in [-0.2, -0.15) is 4.98 Å². The summed E-state index contributed by atoms with van der Waals surface area (Å²) in [5, 5.41) is 17.2. The monoisotopic (exact) mass is 305 g/mol. The number of anilines is 1. The largest absolute Gasteiger partial charge is 0.508 e. The van der Waals surface area contributed by atoms with Crippen LogP contribution in [0.2, 0.25) is 0 Å². The Morgan fingerprint density at radius 2 is 2.19 bits per heavy atom. The summed E-state index contributed by atoms with van der Waals surface area (Å²) in [5.41, 5.74) is 14.1. The number of nitrogen functional groups attached to an aromatic ring is 1. The first-order chi connectivity index (χ1) is 9.88. The SMILES string of the molecule is CC1(C)c2cc(O)ccc2CC(Sc2nc(N)n[nH]2)C1N. The van der Waals surface area contributed by atoms with E-state index in [1.54, 1.807) is 17.8 Å². The number of fused-ring (bicyclic) bond motifs is 1. The molecule has 1 aliphatic rings. The number of hydrogen-bond donors (Lipinski definition) is 4. The van der Waals surface area contributed by atoms with Crippen molar-refractivity contribution in [1.82, 2.24) is 15.2 Å². The van der Waals surface area contributed by atoms with Gasteiger partial charge in [-0.15, -0.1) is 5.10 Å². The standard InChI is InChI=1S/C14H19N5OS/c1-14(2)9-6-8(20)4-3-7(9)5-10(11(14)15)21-13-17-12(16)18-19-13/h3-4,6,10-11,20H,5,15H2,1-2H3,(H3,16,17,18,19). The zero-order chi connectivity index (χ0) is 15.2. The van der Waals surface area contributed by atoms with Gasteiger partial charge in [-0.1, -0.05) is 31.7 Å². The number of phenols is 1. The molecule has 0 fully saturated rings. The zero-order valence-corrected chi connectivity index (χ0v) is 12.8. The average Bonchev–Trinajstić information content (AvgIpc) is 2.83. The van der Waals surface area contributed by atoms with Gasteiger partial charge in [-0.05, 0) is 29.7 Å². The van der Waals surface area contributed by atoms with Crippen LogP contribution < -0.4 is 11.5 Å².